The Morgan fingerprint density at radius 2 is 2.24 bits per heavy atom. The van der Waals surface area contributed by atoms with E-state index in [1.54, 1.807) is 25.1 Å². The molecule has 0 heterocycles. The maximum Gasteiger partial charge on any atom is 0.306 e. The van der Waals surface area contributed by atoms with Gasteiger partial charge >= 0.3 is 5.69 Å². The number of rotatable bonds is 3. The Morgan fingerprint density at radius 1 is 1.59 bits per heavy atom. The van der Waals surface area contributed by atoms with Crippen LogP contribution in [0, 0.1) is 27.3 Å². The molecule has 0 amide bonds. The summed E-state index contributed by atoms with van der Waals surface area (Å²) in [7, 11) is 3.41. The average molecular weight is 236 g/mol. The molecular weight excluding hydrogens is 227 g/mol. The van der Waals surface area contributed by atoms with Gasteiger partial charge in [0.1, 0.15) is 6.07 Å². The van der Waals surface area contributed by atoms with E-state index in [0.29, 0.717) is 0 Å². The molecule has 6 nitrogen and oxygen atoms in total. The predicted octanol–water partition coefficient (Wildman–Crippen LogP) is 1.83. The first kappa shape index (κ1) is 12.6. The maximum absolute atomic E-state index is 13.3. The third kappa shape index (κ3) is 2.98. The zero-order valence-electron chi connectivity index (χ0n) is 9.22. The van der Waals surface area contributed by atoms with Crippen LogP contribution in [0.4, 0.5) is 15.8 Å². The molecule has 0 unspecified atom stereocenters. The van der Waals surface area contributed by atoms with Gasteiger partial charge < -0.3 is 4.90 Å². The van der Waals surface area contributed by atoms with Crippen LogP contribution in [0.15, 0.2) is 17.1 Å². The van der Waals surface area contributed by atoms with Crippen LogP contribution in [0.5, 0.6) is 0 Å². The molecule has 0 spiro atoms. The number of nitrogens with zero attached hydrogens (tertiary/aromatic N) is 4. The molecule has 0 saturated heterocycles. The Morgan fingerprint density at radius 3 is 2.71 bits per heavy atom. The molecule has 17 heavy (non-hydrogen) atoms. The highest BCUT2D eigenvalue weighted by atomic mass is 19.1. The molecule has 0 bridgehead atoms. The van der Waals surface area contributed by atoms with Crippen molar-refractivity contribution < 1.29 is 9.31 Å². The molecule has 1 aromatic carbocycles. The van der Waals surface area contributed by atoms with Crippen LogP contribution in [-0.2, 0) is 0 Å². The highest BCUT2D eigenvalue weighted by Crippen LogP contribution is 2.27. The van der Waals surface area contributed by atoms with Crippen molar-refractivity contribution in [3.8, 4) is 6.07 Å². The highest BCUT2D eigenvalue weighted by Gasteiger charge is 2.17. The molecular formula is C10H9FN4O2. The largest absolute Gasteiger partial charge is 0.369 e. The number of aliphatic imine (C=N–C) groups is 1. The van der Waals surface area contributed by atoms with Gasteiger partial charge in [-0.15, -0.1) is 0 Å². The predicted molar refractivity (Wildman–Crippen MR) is 59.6 cm³/mol. The number of nitro benzene ring substituents is 1. The van der Waals surface area contributed by atoms with Crippen molar-refractivity contribution in [3.63, 3.8) is 0 Å². The summed E-state index contributed by atoms with van der Waals surface area (Å²) in [6.07, 6.45) is 1.38. The molecule has 0 fully saturated rings. The lowest BCUT2D eigenvalue weighted by Crippen LogP contribution is -2.07. The molecule has 0 aromatic heterocycles. The van der Waals surface area contributed by atoms with Gasteiger partial charge in [0, 0.05) is 26.2 Å². The Hall–Kier alpha value is -2.49. The minimum Gasteiger partial charge on any atom is -0.369 e. The Bertz CT molecular complexity index is 520. The minimum atomic E-state index is -1.01. The van der Waals surface area contributed by atoms with Gasteiger partial charge in [-0.05, 0) is 0 Å². The summed E-state index contributed by atoms with van der Waals surface area (Å²) < 4.78 is 13.3. The molecule has 0 aliphatic carbocycles. The second-order valence-corrected chi connectivity index (χ2v) is 3.40. The summed E-state index contributed by atoms with van der Waals surface area (Å²) in [4.78, 5) is 15.0. The second-order valence-electron chi connectivity index (χ2n) is 3.40. The van der Waals surface area contributed by atoms with Crippen LogP contribution in [0.25, 0.3) is 0 Å². The van der Waals surface area contributed by atoms with Crippen molar-refractivity contribution in [1.82, 2.24) is 4.90 Å². The second kappa shape index (κ2) is 5.03. The molecule has 88 valence electrons. The summed E-state index contributed by atoms with van der Waals surface area (Å²) >= 11 is 0. The Labute approximate surface area is 96.8 Å². The normalized spacial score (nSPS) is 10.2. The van der Waals surface area contributed by atoms with E-state index in [1.807, 2.05) is 0 Å². The van der Waals surface area contributed by atoms with Crippen LogP contribution in [0.3, 0.4) is 0 Å². The number of nitriles is 1. The van der Waals surface area contributed by atoms with Crippen molar-refractivity contribution in [2.45, 2.75) is 0 Å². The Balaban J connectivity index is 3.30. The fraction of sp³-hybridized carbons (Fsp3) is 0.200. The van der Waals surface area contributed by atoms with Gasteiger partial charge in [-0.1, -0.05) is 0 Å². The summed E-state index contributed by atoms with van der Waals surface area (Å²) in [5.41, 5.74) is -0.717. The average Bonchev–Trinajstić information content (AvgIpc) is 2.25. The van der Waals surface area contributed by atoms with E-state index in [-0.39, 0.29) is 11.3 Å². The van der Waals surface area contributed by atoms with E-state index >= 15 is 0 Å². The lowest BCUT2D eigenvalue weighted by Gasteiger charge is -2.03. The van der Waals surface area contributed by atoms with Crippen LogP contribution in [0.2, 0.25) is 0 Å². The van der Waals surface area contributed by atoms with Gasteiger partial charge in [-0.2, -0.15) is 9.65 Å². The first-order valence-corrected chi connectivity index (χ1v) is 4.54. The molecule has 0 N–H and O–H groups in total. The summed E-state index contributed by atoms with van der Waals surface area (Å²) in [6, 6.07) is 3.48. The van der Waals surface area contributed by atoms with Crippen LogP contribution < -0.4 is 0 Å². The van der Waals surface area contributed by atoms with E-state index in [2.05, 4.69) is 4.99 Å². The quantitative estimate of drug-likeness (QED) is 0.347. The lowest BCUT2D eigenvalue weighted by molar-refractivity contribution is -0.387. The van der Waals surface area contributed by atoms with Crippen molar-refractivity contribution in [2.75, 3.05) is 14.1 Å². The van der Waals surface area contributed by atoms with Gasteiger partial charge in [0.2, 0.25) is 5.82 Å². The first-order valence-electron chi connectivity index (χ1n) is 4.54. The van der Waals surface area contributed by atoms with E-state index in [9.17, 15) is 14.5 Å². The summed E-state index contributed by atoms with van der Waals surface area (Å²) in [5.74, 6) is -1.01. The molecule has 1 rings (SSSR count). The standard InChI is InChI=1S/C10H9FN4O2/c1-14(2)6-13-9-4-8(11)10(15(16)17)3-7(9)5-12/h3-4,6H,1-2H3. The minimum absolute atomic E-state index is 0.0452. The monoisotopic (exact) mass is 236 g/mol. The van der Waals surface area contributed by atoms with Gasteiger partial charge in [0.25, 0.3) is 0 Å². The molecule has 7 heteroatoms. The van der Waals surface area contributed by atoms with Gasteiger partial charge in [0.15, 0.2) is 0 Å². The number of benzene rings is 1. The lowest BCUT2D eigenvalue weighted by atomic mass is 10.1. The van der Waals surface area contributed by atoms with Crippen LogP contribution in [-0.4, -0.2) is 30.3 Å². The number of halogens is 1. The Kier molecular flexibility index (Phi) is 3.72. The summed E-state index contributed by atoms with van der Waals surface area (Å²) in [6.45, 7) is 0. The summed E-state index contributed by atoms with van der Waals surface area (Å²) in [5, 5.41) is 19.3. The van der Waals surface area contributed by atoms with Gasteiger partial charge in [-0.25, -0.2) is 4.99 Å². The van der Waals surface area contributed by atoms with E-state index < -0.39 is 16.4 Å². The highest BCUT2D eigenvalue weighted by molar-refractivity contribution is 5.66. The zero-order valence-corrected chi connectivity index (χ0v) is 9.22. The molecule has 1 aromatic rings. The molecule has 0 saturated carbocycles. The maximum atomic E-state index is 13.3. The van der Waals surface area contributed by atoms with Gasteiger partial charge in [-0.3, -0.25) is 10.1 Å². The molecule has 0 radical (unpaired) electrons. The van der Waals surface area contributed by atoms with Crippen molar-refractivity contribution >= 4 is 17.7 Å². The van der Waals surface area contributed by atoms with E-state index in [1.165, 1.54) is 6.34 Å². The van der Waals surface area contributed by atoms with Crippen LogP contribution >= 0.6 is 0 Å². The fourth-order valence-corrected chi connectivity index (χ4v) is 1.07. The van der Waals surface area contributed by atoms with Crippen LogP contribution in [0.1, 0.15) is 5.56 Å². The van der Waals surface area contributed by atoms with E-state index in [4.69, 9.17) is 5.26 Å². The van der Waals surface area contributed by atoms with Gasteiger partial charge in [0.05, 0.1) is 22.5 Å². The third-order valence-electron chi connectivity index (χ3n) is 1.81. The molecule has 0 atom stereocenters. The van der Waals surface area contributed by atoms with E-state index in [0.717, 1.165) is 12.1 Å². The SMILES string of the molecule is CN(C)C=Nc1cc(F)c([N+](=O)[O-])cc1C#N. The van der Waals surface area contributed by atoms with Crippen molar-refractivity contribution in [1.29, 1.82) is 5.26 Å². The molecule has 0 aliphatic rings. The number of nitro groups is 1. The first-order chi connectivity index (χ1) is 7.95. The number of hydrogen-bond acceptors (Lipinski definition) is 4. The third-order valence-corrected chi connectivity index (χ3v) is 1.81. The number of hydrogen-bond donors (Lipinski definition) is 0. The van der Waals surface area contributed by atoms with Crippen molar-refractivity contribution in [3.05, 3.63) is 33.6 Å². The smallest absolute Gasteiger partial charge is 0.306 e. The fourth-order valence-electron chi connectivity index (χ4n) is 1.07. The molecule has 0 aliphatic heterocycles. The zero-order chi connectivity index (χ0) is 13.0. The van der Waals surface area contributed by atoms with Crippen molar-refractivity contribution in [2.24, 2.45) is 4.99 Å². The topological polar surface area (TPSA) is 82.5 Å².